The standard InChI is InChI=1S/C18H20N4O3/c1-25-17(24)13-6-5-7-14(12-13)20-16(23)15-8-9-19-18(21-15)22-10-3-2-4-11-22/h5-9,12H,2-4,10-11H2,1H3,(H,20,23). The third kappa shape index (κ3) is 4.12. The third-order valence-electron chi connectivity index (χ3n) is 4.06. The van der Waals surface area contributed by atoms with Crippen LogP contribution in [0.2, 0.25) is 0 Å². The number of ether oxygens (including phenoxy) is 1. The molecule has 1 fully saturated rings. The largest absolute Gasteiger partial charge is 0.465 e. The van der Waals surface area contributed by atoms with Crippen LogP contribution in [0.3, 0.4) is 0 Å². The Hall–Kier alpha value is -2.96. The van der Waals surface area contributed by atoms with Crippen LogP contribution in [0.25, 0.3) is 0 Å². The van der Waals surface area contributed by atoms with Crippen LogP contribution in [0.15, 0.2) is 36.5 Å². The maximum absolute atomic E-state index is 12.5. The highest BCUT2D eigenvalue weighted by atomic mass is 16.5. The van der Waals surface area contributed by atoms with Gasteiger partial charge in [0.2, 0.25) is 5.95 Å². The number of esters is 1. The van der Waals surface area contributed by atoms with Crippen molar-refractivity contribution in [3.63, 3.8) is 0 Å². The van der Waals surface area contributed by atoms with Crippen LogP contribution in [0.1, 0.15) is 40.1 Å². The highest BCUT2D eigenvalue weighted by Crippen LogP contribution is 2.16. The number of rotatable bonds is 4. The molecule has 3 rings (SSSR count). The summed E-state index contributed by atoms with van der Waals surface area (Å²) in [5.74, 6) is -0.219. The summed E-state index contributed by atoms with van der Waals surface area (Å²) in [6, 6.07) is 8.15. The van der Waals surface area contributed by atoms with E-state index < -0.39 is 5.97 Å². The molecule has 1 amide bonds. The molecule has 25 heavy (non-hydrogen) atoms. The molecule has 0 aliphatic carbocycles. The zero-order chi connectivity index (χ0) is 17.6. The molecule has 1 aliphatic heterocycles. The second kappa shape index (κ2) is 7.74. The third-order valence-corrected chi connectivity index (χ3v) is 4.06. The number of nitrogens with zero attached hydrogens (tertiary/aromatic N) is 3. The van der Waals surface area contributed by atoms with E-state index in [1.807, 2.05) is 0 Å². The SMILES string of the molecule is COC(=O)c1cccc(NC(=O)c2ccnc(N3CCCCC3)n2)c1. The van der Waals surface area contributed by atoms with Gasteiger partial charge in [0.1, 0.15) is 5.69 Å². The Kier molecular flexibility index (Phi) is 5.23. The number of piperidine rings is 1. The molecule has 2 heterocycles. The lowest BCUT2D eigenvalue weighted by atomic mass is 10.1. The van der Waals surface area contributed by atoms with Crippen molar-refractivity contribution in [3.05, 3.63) is 47.8 Å². The highest BCUT2D eigenvalue weighted by molar-refractivity contribution is 6.03. The van der Waals surface area contributed by atoms with Gasteiger partial charge in [0.15, 0.2) is 0 Å². The van der Waals surface area contributed by atoms with Gasteiger partial charge in [-0.25, -0.2) is 14.8 Å². The van der Waals surface area contributed by atoms with Gasteiger partial charge in [-0.1, -0.05) is 6.07 Å². The number of nitrogens with one attached hydrogen (secondary N) is 1. The number of hydrogen-bond acceptors (Lipinski definition) is 6. The van der Waals surface area contributed by atoms with Crippen molar-refractivity contribution >= 4 is 23.5 Å². The maximum atomic E-state index is 12.5. The topological polar surface area (TPSA) is 84.4 Å². The van der Waals surface area contributed by atoms with Crippen LogP contribution >= 0.6 is 0 Å². The molecule has 1 aromatic carbocycles. The Morgan fingerprint density at radius 3 is 2.72 bits per heavy atom. The molecule has 0 spiro atoms. The predicted molar refractivity (Wildman–Crippen MR) is 93.8 cm³/mol. The van der Waals surface area contributed by atoms with Crippen LogP contribution in [-0.2, 0) is 4.74 Å². The van der Waals surface area contributed by atoms with Crippen LogP contribution in [0, 0.1) is 0 Å². The fourth-order valence-corrected chi connectivity index (χ4v) is 2.76. The van der Waals surface area contributed by atoms with E-state index in [2.05, 4.69) is 24.9 Å². The van der Waals surface area contributed by atoms with E-state index in [4.69, 9.17) is 0 Å². The Labute approximate surface area is 146 Å². The van der Waals surface area contributed by atoms with Crippen LogP contribution < -0.4 is 10.2 Å². The summed E-state index contributed by atoms with van der Waals surface area (Å²) >= 11 is 0. The van der Waals surface area contributed by atoms with Gasteiger partial charge in [0.05, 0.1) is 12.7 Å². The zero-order valence-corrected chi connectivity index (χ0v) is 14.1. The number of methoxy groups -OCH3 is 1. The highest BCUT2D eigenvalue weighted by Gasteiger charge is 2.16. The van der Waals surface area contributed by atoms with Crippen molar-refractivity contribution in [1.29, 1.82) is 0 Å². The number of benzene rings is 1. The molecular formula is C18H20N4O3. The average molecular weight is 340 g/mol. The molecule has 0 atom stereocenters. The van der Waals surface area contributed by atoms with Gasteiger partial charge in [0, 0.05) is 25.0 Å². The lowest BCUT2D eigenvalue weighted by Crippen LogP contribution is -2.31. The molecule has 0 unspecified atom stereocenters. The van der Waals surface area contributed by atoms with E-state index in [1.54, 1.807) is 36.5 Å². The molecule has 0 radical (unpaired) electrons. The summed E-state index contributed by atoms with van der Waals surface area (Å²) in [5, 5.41) is 2.75. The van der Waals surface area contributed by atoms with Gasteiger partial charge in [-0.3, -0.25) is 4.79 Å². The van der Waals surface area contributed by atoms with E-state index >= 15 is 0 Å². The molecule has 130 valence electrons. The molecule has 0 bridgehead atoms. The summed E-state index contributed by atoms with van der Waals surface area (Å²) in [5.41, 5.74) is 1.17. The monoisotopic (exact) mass is 340 g/mol. The minimum atomic E-state index is -0.453. The first-order valence-electron chi connectivity index (χ1n) is 8.25. The van der Waals surface area contributed by atoms with Crippen molar-refractivity contribution in [2.75, 3.05) is 30.4 Å². The number of carbonyl (C=O) groups is 2. The maximum Gasteiger partial charge on any atom is 0.337 e. The number of amides is 1. The Balaban J connectivity index is 1.74. The summed E-state index contributed by atoms with van der Waals surface area (Å²) in [6.45, 7) is 1.82. The van der Waals surface area contributed by atoms with Crippen LogP contribution in [-0.4, -0.2) is 42.0 Å². The Bertz CT molecular complexity index is 772. The van der Waals surface area contributed by atoms with Crippen molar-refractivity contribution in [3.8, 4) is 0 Å². The molecule has 0 saturated carbocycles. The minimum absolute atomic E-state index is 0.291. The first kappa shape index (κ1) is 16.9. The summed E-state index contributed by atoms with van der Waals surface area (Å²) < 4.78 is 4.69. The lowest BCUT2D eigenvalue weighted by Gasteiger charge is -2.26. The first-order chi connectivity index (χ1) is 12.2. The number of anilines is 2. The van der Waals surface area contributed by atoms with Crippen molar-refractivity contribution in [1.82, 2.24) is 9.97 Å². The van der Waals surface area contributed by atoms with E-state index in [0.29, 0.717) is 22.9 Å². The lowest BCUT2D eigenvalue weighted by molar-refractivity contribution is 0.0600. The first-order valence-corrected chi connectivity index (χ1v) is 8.25. The van der Waals surface area contributed by atoms with Gasteiger partial charge in [-0.2, -0.15) is 0 Å². The number of aromatic nitrogens is 2. The fourth-order valence-electron chi connectivity index (χ4n) is 2.76. The Morgan fingerprint density at radius 2 is 1.96 bits per heavy atom. The van der Waals surface area contributed by atoms with E-state index in [9.17, 15) is 9.59 Å². The molecular weight excluding hydrogens is 320 g/mol. The molecule has 7 heteroatoms. The van der Waals surface area contributed by atoms with Crippen LogP contribution in [0.4, 0.5) is 11.6 Å². The normalized spacial score (nSPS) is 14.0. The quantitative estimate of drug-likeness (QED) is 0.861. The second-order valence-electron chi connectivity index (χ2n) is 5.82. The number of carbonyl (C=O) groups excluding carboxylic acids is 2. The van der Waals surface area contributed by atoms with Gasteiger partial charge in [-0.15, -0.1) is 0 Å². The van der Waals surface area contributed by atoms with Gasteiger partial charge < -0.3 is 15.0 Å². The van der Waals surface area contributed by atoms with Crippen molar-refractivity contribution in [2.45, 2.75) is 19.3 Å². The van der Waals surface area contributed by atoms with E-state index in [1.165, 1.54) is 13.5 Å². The Morgan fingerprint density at radius 1 is 1.16 bits per heavy atom. The van der Waals surface area contributed by atoms with Crippen molar-refractivity contribution < 1.29 is 14.3 Å². The van der Waals surface area contributed by atoms with Crippen molar-refractivity contribution in [2.24, 2.45) is 0 Å². The molecule has 1 saturated heterocycles. The van der Waals surface area contributed by atoms with E-state index in [0.717, 1.165) is 25.9 Å². The second-order valence-corrected chi connectivity index (χ2v) is 5.82. The van der Waals surface area contributed by atoms with Crippen LogP contribution in [0.5, 0.6) is 0 Å². The zero-order valence-electron chi connectivity index (χ0n) is 14.1. The molecule has 2 aromatic rings. The fraction of sp³-hybridized carbons (Fsp3) is 0.333. The summed E-state index contributed by atoms with van der Waals surface area (Å²) in [4.78, 5) is 34.8. The summed E-state index contributed by atoms with van der Waals surface area (Å²) in [6.07, 6.45) is 5.03. The van der Waals surface area contributed by atoms with Gasteiger partial charge >= 0.3 is 5.97 Å². The summed E-state index contributed by atoms with van der Waals surface area (Å²) in [7, 11) is 1.32. The smallest absolute Gasteiger partial charge is 0.337 e. The molecule has 1 aromatic heterocycles. The van der Waals surface area contributed by atoms with Gasteiger partial charge in [-0.05, 0) is 43.5 Å². The molecule has 1 aliphatic rings. The van der Waals surface area contributed by atoms with E-state index in [-0.39, 0.29) is 5.91 Å². The minimum Gasteiger partial charge on any atom is -0.465 e. The average Bonchev–Trinajstić information content (AvgIpc) is 2.68. The number of hydrogen-bond donors (Lipinski definition) is 1. The molecule has 1 N–H and O–H groups in total. The molecule has 7 nitrogen and oxygen atoms in total. The van der Waals surface area contributed by atoms with Gasteiger partial charge in [0.25, 0.3) is 5.91 Å². The predicted octanol–water partition coefficient (Wildman–Crippen LogP) is 2.51.